The molecular weight excluding hydrogens is 156 g/mol. The van der Waals surface area contributed by atoms with Gasteiger partial charge in [-0.1, -0.05) is 13.0 Å². The van der Waals surface area contributed by atoms with Gasteiger partial charge in [-0.05, 0) is 30.7 Å². The molecule has 0 saturated heterocycles. The van der Waals surface area contributed by atoms with Crippen LogP contribution in [0, 0.1) is 0 Å². The summed E-state index contributed by atoms with van der Waals surface area (Å²) < 4.78 is 0. The number of aliphatic hydroxyl groups excluding tert-OH is 1. The molecule has 0 radical (unpaired) electrons. The quantitative estimate of drug-likeness (QED) is 0.736. The van der Waals surface area contributed by atoms with Crippen LogP contribution in [0.15, 0.2) is 17.5 Å². The Bertz CT molecular complexity index is 181. The Morgan fingerprint density at radius 3 is 3.00 bits per heavy atom. The highest BCUT2D eigenvalue weighted by atomic mass is 32.1. The van der Waals surface area contributed by atoms with E-state index in [0.717, 1.165) is 19.3 Å². The lowest BCUT2D eigenvalue weighted by Crippen LogP contribution is -2.04. The average molecular weight is 170 g/mol. The summed E-state index contributed by atoms with van der Waals surface area (Å²) in [5.74, 6) is 0. The molecule has 1 atom stereocenters. The normalized spacial score (nSPS) is 13.3. The van der Waals surface area contributed by atoms with Gasteiger partial charge in [0.1, 0.15) is 0 Å². The Labute approximate surface area is 71.7 Å². The molecule has 0 aliphatic carbocycles. The first kappa shape index (κ1) is 8.75. The van der Waals surface area contributed by atoms with Crippen molar-refractivity contribution in [1.82, 2.24) is 0 Å². The molecule has 1 unspecified atom stereocenters. The van der Waals surface area contributed by atoms with E-state index in [9.17, 15) is 5.11 Å². The molecule has 0 spiro atoms. The topological polar surface area (TPSA) is 20.2 Å². The van der Waals surface area contributed by atoms with Crippen LogP contribution >= 0.6 is 11.3 Å². The fourth-order valence-electron chi connectivity index (χ4n) is 0.968. The molecule has 0 aliphatic rings. The van der Waals surface area contributed by atoms with Crippen molar-refractivity contribution in [1.29, 1.82) is 0 Å². The van der Waals surface area contributed by atoms with Crippen LogP contribution in [0.2, 0.25) is 0 Å². The minimum Gasteiger partial charge on any atom is -0.393 e. The molecule has 1 heterocycles. The van der Waals surface area contributed by atoms with Crippen molar-refractivity contribution < 1.29 is 5.11 Å². The number of aryl methyl sites for hydroxylation is 1. The molecule has 0 saturated carbocycles. The standard InChI is InChI=1S/C9H14OS/c1-2-8(10)5-6-9-4-3-7-11-9/h3-4,7-8,10H,2,5-6H2,1H3. The van der Waals surface area contributed by atoms with E-state index >= 15 is 0 Å². The predicted molar refractivity (Wildman–Crippen MR) is 48.9 cm³/mol. The molecule has 2 heteroatoms. The van der Waals surface area contributed by atoms with Crippen LogP contribution in [-0.2, 0) is 6.42 Å². The minimum atomic E-state index is -0.114. The average Bonchev–Trinajstić information content (AvgIpc) is 2.52. The number of hydrogen-bond donors (Lipinski definition) is 1. The molecular formula is C9H14OS. The van der Waals surface area contributed by atoms with Crippen molar-refractivity contribution in [2.45, 2.75) is 32.3 Å². The Hall–Kier alpha value is -0.340. The fraction of sp³-hybridized carbons (Fsp3) is 0.556. The second kappa shape index (κ2) is 4.52. The van der Waals surface area contributed by atoms with Crippen molar-refractivity contribution in [2.75, 3.05) is 0 Å². The van der Waals surface area contributed by atoms with E-state index in [1.165, 1.54) is 4.88 Å². The highest BCUT2D eigenvalue weighted by molar-refractivity contribution is 7.09. The summed E-state index contributed by atoms with van der Waals surface area (Å²) in [6, 6.07) is 4.17. The van der Waals surface area contributed by atoms with Gasteiger partial charge in [-0.15, -0.1) is 11.3 Å². The first-order valence-electron chi connectivity index (χ1n) is 4.03. The van der Waals surface area contributed by atoms with Gasteiger partial charge in [0.15, 0.2) is 0 Å². The lowest BCUT2D eigenvalue weighted by molar-refractivity contribution is 0.161. The van der Waals surface area contributed by atoms with E-state index in [1.807, 2.05) is 6.92 Å². The molecule has 62 valence electrons. The maximum absolute atomic E-state index is 9.26. The summed E-state index contributed by atoms with van der Waals surface area (Å²) in [7, 11) is 0. The lowest BCUT2D eigenvalue weighted by Gasteiger charge is -2.04. The van der Waals surface area contributed by atoms with Gasteiger partial charge in [-0.25, -0.2) is 0 Å². The van der Waals surface area contributed by atoms with E-state index in [2.05, 4.69) is 17.5 Å². The molecule has 1 aromatic heterocycles. The Morgan fingerprint density at radius 1 is 1.64 bits per heavy atom. The molecule has 0 bridgehead atoms. The summed E-state index contributed by atoms with van der Waals surface area (Å²) in [6.45, 7) is 2.01. The van der Waals surface area contributed by atoms with Gasteiger partial charge in [0.2, 0.25) is 0 Å². The Balaban J connectivity index is 2.23. The predicted octanol–water partition coefficient (Wildman–Crippen LogP) is 2.45. The highest BCUT2D eigenvalue weighted by Gasteiger charge is 2.00. The van der Waals surface area contributed by atoms with Crippen LogP contribution in [0.5, 0.6) is 0 Å². The zero-order chi connectivity index (χ0) is 8.10. The molecule has 11 heavy (non-hydrogen) atoms. The van der Waals surface area contributed by atoms with Gasteiger partial charge in [0, 0.05) is 4.88 Å². The third kappa shape index (κ3) is 3.04. The van der Waals surface area contributed by atoms with Gasteiger partial charge in [-0.3, -0.25) is 0 Å². The molecule has 0 aliphatic heterocycles. The van der Waals surface area contributed by atoms with Crippen LogP contribution in [0.4, 0.5) is 0 Å². The smallest absolute Gasteiger partial charge is 0.0541 e. The SMILES string of the molecule is CCC(O)CCc1cccs1. The van der Waals surface area contributed by atoms with Gasteiger partial charge < -0.3 is 5.11 Å². The number of hydrogen-bond acceptors (Lipinski definition) is 2. The first-order valence-corrected chi connectivity index (χ1v) is 4.91. The maximum atomic E-state index is 9.26. The summed E-state index contributed by atoms with van der Waals surface area (Å²) in [4.78, 5) is 1.37. The van der Waals surface area contributed by atoms with E-state index < -0.39 is 0 Å². The van der Waals surface area contributed by atoms with Gasteiger partial charge in [0.25, 0.3) is 0 Å². The molecule has 0 aromatic carbocycles. The third-order valence-corrected chi connectivity index (χ3v) is 2.71. The van der Waals surface area contributed by atoms with Crippen molar-refractivity contribution in [3.8, 4) is 0 Å². The number of rotatable bonds is 4. The first-order chi connectivity index (χ1) is 5.33. The Morgan fingerprint density at radius 2 is 2.45 bits per heavy atom. The van der Waals surface area contributed by atoms with Gasteiger partial charge >= 0.3 is 0 Å². The van der Waals surface area contributed by atoms with E-state index in [-0.39, 0.29) is 6.10 Å². The molecule has 1 N–H and O–H groups in total. The lowest BCUT2D eigenvalue weighted by atomic mass is 10.1. The molecule has 1 aromatic rings. The van der Waals surface area contributed by atoms with Gasteiger partial charge in [0.05, 0.1) is 6.10 Å². The summed E-state index contributed by atoms with van der Waals surface area (Å²) in [6.07, 6.45) is 2.67. The van der Waals surface area contributed by atoms with Crippen molar-refractivity contribution in [3.05, 3.63) is 22.4 Å². The second-order valence-corrected chi connectivity index (χ2v) is 3.71. The van der Waals surface area contributed by atoms with Crippen LogP contribution in [0.25, 0.3) is 0 Å². The van der Waals surface area contributed by atoms with Crippen molar-refractivity contribution in [3.63, 3.8) is 0 Å². The highest BCUT2D eigenvalue weighted by Crippen LogP contribution is 2.12. The zero-order valence-corrected chi connectivity index (χ0v) is 7.60. The van der Waals surface area contributed by atoms with Crippen LogP contribution < -0.4 is 0 Å². The van der Waals surface area contributed by atoms with Gasteiger partial charge in [-0.2, -0.15) is 0 Å². The number of aliphatic hydroxyl groups is 1. The van der Waals surface area contributed by atoms with Crippen molar-refractivity contribution >= 4 is 11.3 Å². The summed E-state index contributed by atoms with van der Waals surface area (Å²) >= 11 is 1.76. The molecule has 0 fully saturated rings. The minimum absolute atomic E-state index is 0.114. The largest absolute Gasteiger partial charge is 0.393 e. The van der Waals surface area contributed by atoms with Crippen molar-refractivity contribution in [2.24, 2.45) is 0 Å². The zero-order valence-electron chi connectivity index (χ0n) is 6.79. The maximum Gasteiger partial charge on any atom is 0.0541 e. The third-order valence-electron chi connectivity index (χ3n) is 1.78. The molecule has 0 amide bonds. The molecule has 1 nitrogen and oxygen atoms in total. The van der Waals surface area contributed by atoms with Crippen LogP contribution in [0.3, 0.4) is 0 Å². The molecule has 1 rings (SSSR count). The van der Waals surface area contributed by atoms with E-state index in [0.29, 0.717) is 0 Å². The second-order valence-electron chi connectivity index (χ2n) is 2.68. The number of thiophene rings is 1. The van der Waals surface area contributed by atoms with Crippen LogP contribution in [-0.4, -0.2) is 11.2 Å². The summed E-state index contributed by atoms with van der Waals surface area (Å²) in [5.41, 5.74) is 0. The van der Waals surface area contributed by atoms with Crippen LogP contribution in [0.1, 0.15) is 24.6 Å². The fourth-order valence-corrected chi connectivity index (χ4v) is 1.69. The Kier molecular flexibility index (Phi) is 3.60. The van der Waals surface area contributed by atoms with E-state index in [4.69, 9.17) is 0 Å². The van der Waals surface area contributed by atoms with E-state index in [1.54, 1.807) is 11.3 Å². The summed E-state index contributed by atoms with van der Waals surface area (Å²) in [5, 5.41) is 11.3. The monoisotopic (exact) mass is 170 g/mol.